The summed E-state index contributed by atoms with van der Waals surface area (Å²) in [4.78, 5) is 12.1. The van der Waals surface area contributed by atoms with Crippen LogP contribution in [0.4, 0.5) is 4.39 Å². The Morgan fingerprint density at radius 1 is 1.40 bits per heavy atom. The van der Waals surface area contributed by atoms with Crippen LogP contribution in [0.15, 0.2) is 18.2 Å². The summed E-state index contributed by atoms with van der Waals surface area (Å²) in [6.07, 6.45) is 2.96. The number of ether oxygens (including phenoxy) is 1. The van der Waals surface area contributed by atoms with Crippen molar-refractivity contribution in [1.82, 2.24) is 5.32 Å². The second-order valence-electron chi connectivity index (χ2n) is 5.95. The number of hydrogen-bond acceptors (Lipinski definition) is 3. The normalized spacial score (nSPS) is 32.1. The second-order valence-corrected chi connectivity index (χ2v) is 5.95. The number of aryl methyl sites for hydroxylation is 1. The van der Waals surface area contributed by atoms with E-state index in [9.17, 15) is 9.18 Å². The Kier molecular flexibility index (Phi) is 3.50. The van der Waals surface area contributed by atoms with Crippen LogP contribution < -0.4 is 5.32 Å². The van der Waals surface area contributed by atoms with Gasteiger partial charge in [0, 0.05) is 18.0 Å². The van der Waals surface area contributed by atoms with Gasteiger partial charge in [0.05, 0.1) is 13.0 Å². The van der Waals surface area contributed by atoms with Crippen molar-refractivity contribution in [2.24, 2.45) is 5.92 Å². The molecule has 4 atom stereocenters. The highest BCUT2D eigenvalue weighted by atomic mass is 19.1. The van der Waals surface area contributed by atoms with Gasteiger partial charge in [0.1, 0.15) is 5.82 Å². The van der Waals surface area contributed by atoms with E-state index < -0.39 is 0 Å². The molecule has 2 heterocycles. The van der Waals surface area contributed by atoms with Crippen LogP contribution in [-0.2, 0) is 9.53 Å². The molecule has 2 bridgehead atoms. The third-order valence-electron chi connectivity index (χ3n) is 4.78. The molecule has 0 aromatic heterocycles. The Labute approximate surface area is 118 Å². The van der Waals surface area contributed by atoms with Crippen molar-refractivity contribution in [3.05, 3.63) is 35.1 Å². The van der Waals surface area contributed by atoms with Gasteiger partial charge in [-0.15, -0.1) is 0 Å². The molecular formula is C16H20FNO2. The highest BCUT2D eigenvalue weighted by Gasteiger charge is 2.46. The molecule has 2 fully saturated rings. The zero-order chi connectivity index (χ0) is 14.3. The van der Waals surface area contributed by atoms with Gasteiger partial charge in [-0.2, -0.15) is 0 Å². The van der Waals surface area contributed by atoms with Crippen LogP contribution in [0.1, 0.15) is 36.3 Å². The first-order chi connectivity index (χ1) is 9.60. The Balaban J connectivity index is 1.96. The third-order valence-corrected chi connectivity index (χ3v) is 4.78. The number of methoxy groups -OCH3 is 1. The fourth-order valence-electron chi connectivity index (χ4n) is 3.70. The number of carbonyl (C=O) groups is 1. The van der Waals surface area contributed by atoms with Crippen molar-refractivity contribution in [2.75, 3.05) is 7.11 Å². The molecule has 4 heteroatoms. The average molecular weight is 277 g/mol. The van der Waals surface area contributed by atoms with E-state index in [1.165, 1.54) is 7.11 Å². The van der Waals surface area contributed by atoms with Crippen molar-refractivity contribution in [1.29, 1.82) is 0 Å². The summed E-state index contributed by atoms with van der Waals surface area (Å²) in [5, 5.41) is 3.49. The Bertz CT molecular complexity index is 531. The molecule has 1 N–H and O–H groups in total. The van der Waals surface area contributed by atoms with E-state index in [0.29, 0.717) is 11.6 Å². The number of hydrogen-bond donors (Lipinski definition) is 1. The predicted molar refractivity (Wildman–Crippen MR) is 73.9 cm³/mol. The van der Waals surface area contributed by atoms with Gasteiger partial charge < -0.3 is 10.1 Å². The van der Waals surface area contributed by atoms with E-state index in [0.717, 1.165) is 24.8 Å². The molecule has 3 nitrogen and oxygen atoms in total. The second kappa shape index (κ2) is 5.17. The molecular weight excluding hydrogens is 257 g/mol. The smallest absolute Gasteiger partial charge is 0.310 e. The summed E-state index contributed by atoms with van der Waals surface area (Å²) in [5.41, 5.74) is 1.56. The molecule has 0 saturated carbocycles. The molecule has 3 rings (SSSR count). The lowest BCUT2D eigenvalue weighted by atomic mass is 9.77. The van der Waals surface area contributed by atoms with Crippen LogP contribution in [0, 0.1) is 18.7 Å². The first-order valence-electron chi connectivity index (χ1n) is 7.20. The molecule has 0 spiro atoms. The van der Waals surface area contributed by atoms with Crippen LogP contribution in [-0.4, -0.2) is 25.2 Å². The van der Waals surface area contributed by atoms with E-state index in [2.05, 4.69) is 5.32 Å². The van der Waals surface area contributed by atoms with Crippen LogP contribution in [0.5, 0.6) is 0 Å². The van der Waals surface area contributed by atoms with Crippen molar-refractivity contribution in [3.63, 3.8) is 0 Å². The molecule has 1 aromatic carbocycles. The molecule has 0 radical (unpaired) electrons. The van der Waals surface area contributed by atoms with Crippen LogP contribution >= 0.6 is 0 Å². The molecule has 108 valence electrons. The van der Waals surface area contributed by atoms with E-state index >= 15 is 0 Å². The maximum atomic E-state index is 13.8. The van der Waals surface area contributed by atoms with E-state index in [1.807, 2.05) is 6.07 Å². The van der Waals surface area contributed by atoms with Gasteiger partial charge in [0.15, 0.2) is 0 Å². The summed E-state index contributed by atoms with van der Waals surface area (Å²) >= 11 is 0. The van der Waals surface area contributed by atoms with Crippen LogP contribution in [0.25, 0.3) is 0 Å². The lowest BCUT2D eigenvalue weighted by molar-refractivity contribution is -0.148. The van der Waals surface area contributed by atoms with E-state index in [-0.39, 0.29) is 29.7 Å². The summed E-state index contributed by atoms with van der Waals surface area (Å²) in [5.74, 6) is -0.539. The van der Waals surface area contributed by atoms with Gasteiger partial charge in [0.2, 0.25) is 0 Å². The number of piperidine rings is 1. The van der Waals surface area contributed by atoms with Gasteiger partial charge in [-0.3, -0.25) is 4.79 Å². The Hall–Kier alpha value is -1.42. The SMILES string of the molecule is COC(=O)[C@@H]1[C@H]2CC[C@H](C[C@H]1c1ccc(C)c(F)c1)N2. The third kappa shape index (κ3) is 2.22. The quantitative estimate of drug-likeness (QED) is 0.844. The predicted octanol–water partition coefficient (Wildman–Crippen LogP) is 2.53. The number of carbonyl (C=O) groups excluding carboxylic acids is 1. The molecule has 20 heavy (non-hydrogen) atoms. The van der Waals surface area contributed by atoms with Gasteiger partial charge in [-0.1, -0.05) is 12.1 Å². The molecule has 0 amide bonds. The number of halogens is 1. The molecule has 0 unspecified atom stereocenters. The van der Waals surface area contributed by atoms with Crippen molar-refractivity contribution >= 4 is 5.97 Å². The highest BCUT2D eigenvalue weighted by molar-refractivity contribution is 5.75. The molecule has 1 aromatic rings. The van der Waals surface area contributed by atoms with Gasteiger partial charge in [0.25, 0.3) is 0 Å². The van der Waals surface area contributed by atoms with Crippen molar-refractivity contribution in [3.8, 4) is 0 Å². The first-order valence-corrected chi connectivity index (χ1v) is 7.20. The van der Waals surface area contributed by atoms with Gasteiger partial charge in [-0.25, -0.2) is 4.39 Å². The van der Waals surface area contributed by atoms with E-state index in [4.69, 9.17) is 4.74 Å². The number of rotatable bonds is 2. The van der Waals surface area contributed by atoms with Crippen molar-refractivity contribution in [2.45, 2.75) is 44.2 Å². The van der Waals surface area contributed by atoms with Crippen molar-refractivity contribution < 1.29 is 13.9 Å². The van der Waals surface area contributed by atoms with Gasteiger partial charge >= 0.3 is 5.97 Å². The first kappa shape index (κ1) is 13.6. The molecule has 2 aliphatic rings. The maximum Gasteiger partial charge on any atom is 0.310 e. The van der Waals surface area contributed by atoms with E-state index in [1.54, 1.807) is 19.1 Å². The fraction of sp³-hybridized carbons (Fsp3) is 0.562. The lowest BCUT2D eigenvalue weighted by Gasteiger charge is -2.36. The van der Waals surface area contributed by atoms with Gasteiger partial charge in [-0.05, 0) is 43.4 Å². The number of benzene rings is 1. The minimum atomic E-state index is -0.208. The number of fused-ring (bicyclic) bond motifs is 2. The summed E-state index contributed by atoms with van der Waals surface area (Å²) in [6, 6.07) is 5.93. The Morgan fingerprint density at radius 2 is 2.20 bits per heavy atom. The standard InChI is InChI=1S/C16H20FNO2/c1-9-3-4-10(7-13(9)17)12-8-11-5-6-14(18-11)15(12)16(19)20-2/h3-4,7,11-12,14-15,18H,5-6,8H2,1-2H3/t11-,12+,14-,15+/m1/s1. The lowest BCUT2D eigenvalue weighted by Crippen LogP contribution is -2.48. The molecule has 2 saturated heterocycles. The number of esters is 1. The fourth-order valence-corrected chi connectivity index (χ4v) is 3.70. The van der Waals surface area contributed by atoms with Crippen LogP contribution in [0.2, 0.25) is 0 Å². The zero-order valence-corrected chi connectivity index (χ0v) is 11.9. The monoisotopic (exact) mass is 277 g/mol. The summed E-state index contributed by atoms with van der Waals surface area (Å²) in [7, 11) is 1.43. The number of nitrogens with one attached hydrogen (secondary N) is 1. The average Bonchev–Trinajstić information content (AvgIpc) is 2.82. The summed E-state index contributed by atoms with van der Waals surface area (Å²) in [6.45, 7) is 1.75. The van der Waals surface area contributed by atoms with Crippen LogP contribution in [0.3, 0.4) is 0 Å². The minimum Gasteiger partial charge on any atom is -0.469 e. The largest absolute Gasteiger partial charge is 0.469 e. The maximum absolute atomic E-state index is 13.8. The Morgan fingerprint density at radius 3 is 2.90 bits per heavy atom. The summed E-state index contributed by atoms with van der Waals surface area (Å²) < 4.78 is 18.8. The molecule has 0 aliphatic carbocycles. The molecule has 2 aliphatic heterocycles. The minimum absolute atomic E-state index is 0.0521. The topological polar surface area (TPSA) is 38.3 Å². The highest BCUT2D eigenvalue weighted by Crippen LogP contribution is 2.42. The zero-order valence-electron chi connectivity index (χ0n) is 11.9.